The average Bonchev–Trinajstić information content (AvgIpc) is 3.23. The molecule has 1 saturated carbocycles. The molecular formula is C22H28N2O. The van der Waals surface area contributed by atoms with E-state index in [0.29, 0.717) is 5.92 Å². The first-order chi connectivity index (χ1) is 12.3. The topological polar surface area (TPSA) is 25.4 Å². The van der Waals surface area contributed by atoms with E-state index in [1.807, 2.05) is 12.1 Å². The molecule has 4 rings (SSSR count). The number of nitrogens with zero attached hydrogens (tertiary/aromatic N) is 2. The van der Waals surface area contributed by atoms with Gasteiger partial charge in [0.2, 0.25) is 0 Å². The number of para-hydroxylation sites is 1. The Bertz CT molecular complexity index is 709. The Balaban J connectivity index is 1.56. The fourth-order valence-corrected chi connectivity index (χ4v) is 4.53. The van der Waals surface area contributed by atoms with Crippen molar-refractivity contribution in [2.24, 2.45) is 0 Å². The molecule has 2 heterocycles. The molecule has 1 atom stereocenters. The zero-order chi connectivity index (χ0) is 17.1. The van der Waals surface area contributed by atoms with Crippen molar-refractivity contribution in [1.29, 1.82) is 0 Å². The van der Waals surface area contributed by atoms with Gasteiger partial charge in [0.25, 0.3) is 0 Å². The van der Waals surface area contributed by atoms with E-state index in [-0.39, 0.29) is 0 Å². The lowest BCUT2D eigenvalue weighted by Crippen LogP contribution is -2.40. The summed E-state index contributed by atoms with van der Waals surface area (Å²) in [5, 5.41) is 0. The third kappa shape index (κ3) is 3.57. The molecule has 25 heavy (non-hydrogen) atoms. The molecule has 0 N–H and O–H groups in total. The quantitative estimate of drug-likeness (QED) is 0.796. The summed E-state index contributed by atoms with van der Waals surface area (Å²) in [4.78, 5) is 7.76. The number of aromatic nitrogens is 1. The SMILES string of the molecule is COc1ccccc1-c1cccc([C@@H]2CCCN(C3CCCC3)C2)n1. The van der Waals surface area contributed by atoms with Gasteiger partial charge in [0.15, 0.2) is 0 Å². The van der Waals surface area contributed by atoms with Crippen LogP contribution < -0.4 is 4.74 Å². The Morgan fingerprint density at radius 2 is 1.80 bits per heavy atom. The molecule has 0 radical (unpaired) electrons. The second kappa shape index (κ2) is 7.57. The van der Waals surface area contributed by atoms with Crippen molar-refractivity contribution in [3.63, 3.8) is 0 Å². The van der Waals surface area contributed by atoms with Crippen molar-refractivity contribution >= 4 is 0 Å². The lowest BCUT2D eigenvalue weighted by molar-refractivity contribution is 0.149. The van der Waals surface area contributed by atoms with E-state index < -0.39 is 0 Å². The lowest BCUT2D eigenvalue weighted by atomic mass is 9.92. The van der Waals surface area contributed by atoms with E-state index >= 15 is 0 Å². The molecule has 0 bridgehead atoms. The van der Waals surface area contributed by atoms with Crippen LogP contribution >= 0.6 is 0 Å². The van der Waals surface area contributed by atoms with Gasteiger partial charge in [-0.15, -0.1) is 0 Å². The van der Waals surface area contributed by atoms with E-state index in [1.54, 1.807) is 7.11 Å². The van der Waals surface area contributed by atoms with E-state index in [1.165, 1.54) is 57.3 Å². The number of pyridine rings is 1. The maximum atomic E-state index is 5.52. The molecule has 1 aromatic carbocycles. The highest BCUT2D eigenvalue weighted by Crippen LogP contribution is 2.33. The predicted octanol–water partition coefficient (Wildman–Crippen LogP) is 4.88. The summed E-state index contributed by atoms with van der Waals surface area (Å²) in [6.07, 6.45) is 8.15. The number of methoxy groups -OCH3 is 1. The van der Waals surface area contributed by atoms with Gasteiger partial charge in [-0.3, -0.25) is 9.88 Å². The molecule has 1 aromatic heterocycles. The maximum Gasteiger partial charge on any atom is 0.128 e. The smallest absolute Gasteiger partial charge is 0.128 e. The van der Waals surface area contributed by atoms with Gasteiger partial charge < -0.3 is 4.74 Å². The molecule has 2 fully saturated rings. The molecule has 1 aliphatic heterocycles. The van der Waals surface area contributed by atoms with Crippen molar-refractivity contribution in [3.05, 3.63) is 48.2 Å². The Kier molecular flexibility index (Phi) is 5.02. The molecule has 132 valence electrons. The van der Waals surface area contributed by atoms with Crippen LogP contribution in [0.25, 0.3) is 11.3 Å². The summed E-state index contributed by atoms with van der Waals surface area (Å²) in [6, 6.07) is 15.4. The molecule has 1 aliphatic carbocycles. The van der Waals surface area contributed by atoms with Crippen molar-refractivity contribution < 1.29 is 4.74 Å². The number of ether oxygens (including phenoxy) is 1. The molecular weight excluding hydrogens is 308 g/mol. The maximum absolute atomic E-state index is 5.52. The van der Waals surface area contributed by atoms with Gasteiger partial charge in [0.05, 0.1) is 12.8 Å². The van der Waals surface area contributed by atoms with Gasteiger partial charge in [0.1, 0.15) is 5.75 Å². The van der Waals surface area contributed by atoms with Gasteiger partial charge in [0, 0.05) is 29.8 Å². The molecule has 0 amide bonds. The van der Waals surface area contributed by atoms with Crippen LogP contribution in [0.15, 0.2) is 42.5 Å². The van der Waals surface area contributed by atoms with Crippen LogP contribution in [0.3, 0.4) is 0 Å². The van der Waals surface area contributed by atoms with E-state index in [2.05, 4.69) is 35.2 Å². The second-order valence-corrected chi connectivity index (χ2v) is 7.42. The third-order valence-corrected chi connectivity index (χ3v) is 5.87. The minimum absolute atomic E-state index is 0.559. The van der Waals surface area contributed by atoms with Crippen LogP contribution in [0, 0.1) is 0 Å². The fraction of sp³-hybridized carbons (Fsp3) is 0.500. The summed E-state index contributed by atoms with van der Waals surface area (Å²) in [7, 11) is 1.73. The number of rotatable bonds is 4. The zero-order valence-electron chi connectivity index (χ0n) is 15.2. The highest BCUT2D eigenvalue weighted by Gasteiger charge is 2.29. The molecule has 2 aromatic rings. The normalized spacial score (nSPS) is 22.2. The first-order valence-corrected chi connectivity index (χ1v) is 9.69. The fourth-order valence-electron chi connectivity index (χ4n) is 4.53. The van der Waals surface area contributed by atoms with Crippen molar-refractivity contribution in [1.82, 2.24) is 9.88 Å². The van der Waals surface area contributed by atoms with Crippen LogP contribution in [-0.2, 0) is 0 Å². The Morgan fingerprint density at radius 1 is 0.960 bits per heavy atom. The Hall–Kier alpha value is -1.87. The number of hydrogen-bond acceptors (Lipinski definition) is 3. The van der Waals surface area contributed by atoms with Crippen molar-refractivity contribution in [2.75, 3.05) is 20.2 Å². The minimum atomic E-state index is 0.559. The van der Waals surface area contributed by atoms with E-state index in [0.717, 1.165) is 23.0 Å². The van der Waals surface area contributed by atoms with Gasteiger partial charge >= 0.3 is 0 Å². The van der Waals surface area contributed by atoms with Crippen LogP contribution in [0.2, 0.25) is 0 Å². The van der Waals surface area contributed by atoms with Gasteiger partial charge in [-0.2, -0.15) is 0 Å². The lowest BCUT2D eigenvalue weighted by Gasteiger charge is -2.36. The summed E-state index contributed by atoms with van der Waals surface area (Å²) in [5.74, 6) is 1.45. The standard InChI is InChI=1S/C22H28N2O/c1-25-22-14-5-4-11-19(22)21-13-6-12-20(23-21)17-8-7-15-24(16-17)18-9-2-3-10-18/h4-6,11-14,17-18H,2-3,7-10,15-16H2,1H3/t17-/m1/s1. The van der Waals surface area contributed by atoms with Crippen LogP contribution in [0.1, 0.15) is 50.1 Å². The number of benzene rings is 1. The summed E-state index contributed by atoms with van der Waals surface area (Å²) >= 11 is 0. The van der Waals surface area contributed by atoms with Crippen molar-refractivity contribution in [3.8, 4) is 17.0 Å². The highest BCUT2D eigenvalue weighted by molar-refractivity contribution is 5.67. The van der Waals surface area contributed by atoms with Crippen LogP contribution in [0.4, 0.5) is 0 Å². The van der Waals surface area contributed by atoms with Gasteiger partial charge in [-0.05, 0) is 56.5 Å². The van der Waals surface area contributed by atoms with Crippen LogP contribution in [0.5, 0.6) is 5.75 Å². The third-order valence-electron chi connectivity index (χ3n) is 5.87. The summed E-state index contributed by atoms with van der Waals surface area (Å²) < 4.78 is 5.52. The first-order valence-electron chi connectivity index (χ1n) is 9.69. The molecule has 3 nitrogen and oxygen atoms in total. The number of likely N-dealkylation sites (tertiary alicyclic amines) is 1. The Labute approximate surface area is 151 Å². The van der Waals surface area contributed by atoms with Gasteiger partial charge in [-0.25, -0.2) is 0 Å². The molecule has 1 saturated heterocycles. The zero-order valence-corrected chi connectivity index (χ0v) is 15.2. The van der Waals surface area contributed by atoms with Gasteiger partial charge in [-0.1, -0.05) is 31.0 Å². The van der Waals surface area contributed by atoms with E-state index in [9.17, 15) is 0 Å². The molecule has 2 aliphatic rings. The minimum Gasteiger partial charge on any atom is -0.496 e. The predicted molar refractivity (Wildman–Crippen MR) is 102 cm³/mol. The largest absolute Gasteiger partial charge is 0.496 e. The van der Waals surface area contributed by atoms with Crippen LogP contribution in [-0.4, -0.2) is 36.1 Å². The first kappa shape index (κ1) is 16.6. The number of hydrogen-bond donors (Lipinski definition) is 0. The van der Waals surface area contributed by atoms with E-state index in [4.69, 9.17) is 9.72 Å². The summed E-state index contributed by atoms with van der Waals surface area (Å²) in [6.45, 7) is 2.44. The average molecular weight is 336 g/mol. The highest BCUT2D eigenvalue weighted by atomic mass is 16.5. The Morgan fingerprint density at radius 3 is 2.64 bits per heavy atom. The molecule has 3 heteroatoms. The second-order valence-electron chi connectivity index (χ2n) is 7.42. The molecule has 0 spiro atoms. The monoisotopic (exact) mass is 336 g/mol. The summed E-state index contributed by atoms with van der Waals surface area (Å²) in [5.41, 5.74) is 3.34. The van der Waals surface area contributed by atoms with Crippen molar-refractivity contribution in [2.45, 2.75) is 50.5 Å². The molecule has 0 unspecified atom stereocenters. The number of piperidine rings is 1.